The minimum absolute atomic E-state index is 0.577. The maximum absolute atomic E-state index is 5.53. The molecule has 0 saturated heterocycles. The number of rotatable bonds is 6. The van der Waals surface area contributed by atoms with E-state index in [-0.39, 0.29) is 0 Å². The highest BCUT2D eigenvalue weighted by molar-refractivity contribution is 5.90. The highest BCUT2D eigenvalue weighted by Gasteiger charge is 2.01. The topological polar surface area (TPSA) is 47.0 Å². The van der Waals surface area contributed by atoms with Crippen molar-refractivity contribution in [2.45, 2.75) is 13.8 Å². The van der Waals surface area contributed by atoms with Gasteiger partial charge in [-0.15, -0.1) is 0 Å². The molecule has 1 aromatic carbocycles. The molecule has 18 heavy (non-hydrogen) atoms. The van der Waals surface area contributed by atoms with Gasteiger partial charge in [0, 0.05) is 18.5 Å². The fourth-order valence-corrected chi connectivity index (χ4v) is 1.72. The van der Waals surface area contributed by atoms with Crippen LogP contribution in [0.2, 0.25) is 0 Å². The molecule has 4 heteroatoms. The van der Waals surface area contributed by atoms with Crippen LogP contribution in [-0.2, 0) is 4.74 Å². The smallest absolute Gasteiger partial charge is 0.0950 e. The standard InChI is InChI=1S/C14H19N3O/c1-11(2)10-18-8-7-15-14-9-16-17-13-6-4-3-5-12(13)14/h3-6,9,11H,7-8,10H2,1-2H3,(H,15,17). The van der Waals surface area contributed by atoms with Crippen LogP contribution in [0, 0.1) is 5.92 Å². The first-order valence-corrected chi connectivity index (χ1v) is 6.29. The molecule has 0 aliphatic heterocycles. The number of aromatic nitrogens is 2. The van der Waals surface area contributed by atoms with Gasteiger partial charge in [0.2, 0.25) is 0 Å². The van der Waals surface area contributed by atoms with E-state index in [4.69, 9.17) is 4.74 Å². The Balaban J connectivity index is 1.91. The van der Waals surface area contributed by atoms with E-state index in [1.54, 1.807) is 6.20 Å². The van der Waals surface area contributed by atoms with Crippen molar-refractivity contribution in [3.63, 3.8) is 0 Å². The summed E-state index contributed by atoms with van der Waals surface area (Å²) in [5.41, 5.74) is 1.92. The molecule has 0 saturated carbocycles. The fourth-order valence-electron chi connectivity index (χ4n) is 1.72. The SMILES string of the molecule is CC(C)COCCNc1cnnc2ccccc12. The molecule has 0 bridgehead atoms. The Morgan fingerprint density at radius 3 is 2.94 bits per heavy atom. The molecule has 0 unspecified atom stereocenters. The van der Waals surface area contributed by atoms with Gasteiger partial charge >= 0.3 is 0 Å². The van der Waals surface area contributed by atoms with Gasteiger partial charge in [-0.2, -0.15) is 10.2 Å². The number of hydrogen-bond donors (Lipinski definition) is 1. The zero-order valence-electron chi connectivity index (χ0n) is 10.9. The number of nitrogens with zero attached hydrogens (tertiary/aromatic N) is 2. The number of benzene rings is 1. The molecule has 0 aliphatic carbocycles. The summed E-state index contributed by atoms with van der Waals surface area (Å²) in [6.07, 6.45) is 1.75. The predicted octanol–water partition coefficient (Wildman–Crippen LogP) is 2.71. The van der Waals surface area contributed by atoms with Crippen LogP contribution in [0.5, 0.6) is 0 Å². The molecular weight excluding hydrogens is 226 g/mol. The molecule has 1 heterocycles. The number of ether oxygens (including phenoxy) is 1. The molecule has 0 radical (unpaired) electrons. The van der Waals surface area contributed by atoms with Gasteiger partial charge in [0.1, 0.15) is 0 Å². The molecule has 2 rings (SSSR count). The Morgan fingerprint density at radius 1 is 1.28 bits per heavy atom. The monoisotopic (exact) mass is 245 g/mol. The van der Waals surface area contributed by atoms with Crippen LogP contribution in [0.15, 0.2) is 30.5 Å². The highest BCUT2D eigenvalue weighted by Crippen LogP contribution is 2.19. The lowest BCUT2D eigenvalue weighted by Crippen LogP contribution is -2.12. The largest absolute Gasteiger partial charge is 0.381 e. The average molecular weight is 245 g/mol. The molecule has 0 amide bonds. The van der Waals surface area contributed by atoms with Crippen LogP contribution in [0.1, 0.15) is 13.8 Å². The van der Waals surface area contributed by atoms with Crippen LogP contribution in [0.3, 0.4) is 0 Å². The molecule has 0 atom stereocenters. The fraction of sp³-hybridized carbons (Fsp3) is 0.429. The summed E-state index contributed by atoms with van der Waals surface area (Å²) < 4.78 is 5.53. The van der Waals surface area contributed by atoms with Gasteiger partial charge in [0.25, 0.3) is 0 Å². The van der Waals surface area contributed by atoms with E-state index in [2.05, 4.69) is 29.4 Å². The predicted molar refractivity (Wildman–Crippen MR) is 73.7 cm³/mol. The molecule has 0 spiro atoms. The summed E-state index contributed by atoms with van der Waals surface area (Å²) in [4.78, 5) is 0. The van der Waals surface area contributed by atoms with Crippen molar-refractivity contribution in [2.24, 2.45) is 5.92 Å². The summed E-state index contributed by atoms with van der Waals surface area (Å²) >= 11 is 0. The van der Waals surface area contributed by atoms with Gasteiger partial charge in [-0.05, 0) is 12.0 Å². The lowest BCUT2D eigenvalue weighted by atomic mass is 10.2. The number of fused-ring (bicyclic) bond motifs is 1. The lowest BCUT2D eigenvalue weighted by molar-refractivity contribution is 0.118. The second-order valence-electron chi connectivity index (χ2n) is 4.67. The van der Waals surface area contributed by atoms with Crippen molar-refractivity contribution in [1.82, 2.24) is 10.2 Å². The Bertz CT molecular complexity index is 494. The first-order chi connectivity index (χ1) is 8.77. The molecule has 1 aromatic heterocycles. The Kier molecular flexibility index (Phi) is 4.47. The van der Waals surface area contributed by atoms with Gasteiger partial charge in [-0.25, -0.2) is 0 Å². The van der Waals surface area contributed by atoms with E-state index < -0.39 is 0 Å². The highest BCUT2D eigenvalue weighted by atomic mass is 16.5. The second kappa shape index (κ2) is 6.31. The van der Waals surface area contributed by atoms with Crippen molar-refractivity contribution in [3.8, 4) is 0 Å². The first kappa shape index (κ1) is 12.8. The summed E-state index contributed by atoms with van der Waals surface area (Å²) in [5, 5.41) is 12.5. The molecule has 1 N–H and O–H groups in total. The third-order valence-corrected chi connectivity index (χ3v) is 2.56. The minimum atomic E-state index is 0.577. The van der Waals surface area contributed by atoms with Gasteiger partial charge in [-0.1, -0.05) is 32.0 Å². The van der Waals surface area contributed by atoms with E-state index in [1.807, 2.05) is 24.3 Å². The van der Waals surface area contributed by atoms with E-state index >= 15 is 0 Å². The molecule has 0 fully saturated rings. The minimum Gasteiger partial charge on any atom is -0.381 e. The summed E-state index contributed by atoms with van der Waals surface area (Å²) in [6, 6.07) is 7.97. The zero-order chi connectivity index (χ0) is 12.8. The molecular formula is C14H19N3O. The van der Waals surface area contributed by atoms with Crippen LogP contribution >= 0.6 is 0 Å². The Labute approximate surface area is 107 Å². The summed E-state index contributed by atoms with van der Waals surface area (Å²) in [5.74, 6) is 0.577. The van der Waals surface area contributed by atoms with Crippen molar-refractivity contribution in [2.75, 3.05) is 25.1 Å². The Hall–Kier alpha value is -1.68. The molecule has 0 aliphatic rings. The van der Waals surface area contributed by atoms with Gasteiger partial charge in [0.05, 0.1) is 24.0 Å². The van der Waals surface area contributed by atoms with Crippen LogP contribution < -0.4 is 5.32 Å². The van der Waals surface area contributed by atoms with Gasteiger partial charge < -0.3 is 10.1 Å². The lowest BCUT2D eigenvalue weighted by Gasteiger charge is -2.10. The first-order valence-electron chi connectivity index (χ1n) is 6.29. The molecule has 4 nitrogen and oxygen atoms in total. The Morgan fingerprint density at radius 2 is 2.11 bits per heavy atom. The van der Waals surface area contributed by atoms with E-state index in [1.165, 1.54) is 0 Å². The quantitative estimate of drug-likeness (QED) is 0.795. The third-order valence-electron chi connectivity index (χ3n) is 2.56. The number of nitrogens with one attached hydrogen (secondary N) is 1. The summed E-state index contributed by atoms with van der Waals surface area (Å²) in [7, 11) is 0. The normalized spacial score (nSPS) is 11.1. The maximum Gasteiger partial charge on any atom is 0.0950 e. The zero-order valence-corrected chi connectivity index (χ0v) is 10.9. The maximum atomic E-state index is 5.53. The van der Waals surface area contributed by atoms with Crippen molar-refractivity contribution >= 4 is 16.6 Å². The third kappa shape index (κ3) is 3.40. The van der Waals surface area contributed by atoms with E-state index in [9.17, 15) is 0 Å². The van der Waals surface area contributed by atoms with Crippen molar-refractivity contribution in [3.05, 3.63) is 30.5 Å². The number of hydrogen-bond acceptors (Lipinski definition) is 4. The second-order valence-corrected chi connectivity index (χ2v) is 4.67. The van der Waals surface area contributed by atoms with Gasteiger partial charge in [0.15, 0.2) is 0 Å². The van der Waals surface area contributed by atoms with Crippen molar-refractivity contribution in [1.29, 1.82) is 0 Å². The van der Waals surface area contributed by atoms with E-state index in [0.717, 1.165) is 29.7 Å². The van der Waals surface area contributed by atoms with Crippen LogP contribution in [-0.4, -0.2) is 30.0 Å². The molecule has 2 aromatic rings. The van der Waals surface area contributed by atoms with Crippen LogP contribution in [0.25, 0.3) is 10.9 Å². The van der Waals surface area contributed by atoms with Crippen molar-refractivity contribution < 1.29 is 4.74 Å². The summed E-state index contributed by atoms with van der Waals surface area (Å²) in [6.45, 7) is 6.58. The number of anilines is 1. The molecule has 96 valence electrons. The van der Waals surface area contributed by atoms with E-state index in [0.29, 0.717) is 12.5 Å². The van der Waals surface area contributed by atoms with Gasteiger partial charge in [-0.3, -0.25) is 0 Å². The van der Waals surface area contributed by atoms with Crippen LogP contribution in [0.4, 0.5) is 5.69 Å². The average Bonchev–Trinajstić information content (AvgIpc) is 2.38.